The molecule has 0 aromatic rings. The summed E-state index contributed by atoms with van der Waals surface area (Å²) in [6.45, 7) is 6.82. The maximum Gasteiger partial charge on any atom is 0.0727 e. The van der Waals surface area contributed by atoms with E-state index in [9.17, 15) is 10.2 Å². The van der Waals surface area contributed by atoms with E-state index in [-0.39, 0.29) is 17.6 Å². The van der Waals surface area contributed by atoms with Crippen LogP contribution in [0, 0.1) is 28.6 Å². The molecule has 2 heteroatoms. The molecule has 0 aromatic heterocycles. The van der Waals surface area contributed by atoms with Gasteiger partial charge in [0.05, 0.1) is 12.2 Å². The number of hydrogen-bond donors (Lipinski definition) is 2. The average Bonchev–Trinajstić information content (AvgIpc) is 2.85. The average molecular weight is 316 g/mol. The zero-order chi connectivity index (χ0) is 16.4. The van der Waals surface area contributed by atoms with E-state index in [0.717, 1.165) is 37.5 Å². The molecule has 0 spiro atoms. The second kappa shape index (κ2) is 5.20. The van der Waals surface area contributed by atoms with Crippen LogP contribution in [0.15, 0.2) is 23.3 Å². The Morgan fingerprint density at radius 2 is 1.78 bits per heavy atom. The molecule has 0 bridgehead atoms. The summed E-state index contributed by atoms with van der Waals surface area (Å²) in [4.78, 5) is 0. The Hall–Kier alpha value is -0.600. The lowest BCUT2D eigenvalue weighted by Crippen LogP contribution is -2.50. The first kappa shape index (κ1) is 15.9. The molecule has 7 atom stereocenters. The molecular weight excluding hydrogens is 284 g/mol. The van der Waals surface area contributed by atoms with Gasteiger partial charge in [0, 0.05) is 0 Å². The highest BCUT2D eigenvalue weighted by Gasteiger charge is 2.56. The molecule has 2 nitrogen and oxygen atoms in total. The summed E-state index contributed by atoms with van der Waals surface area (Å²) in [7, 11) is 0. The van der Waals surface area contributed by atoms with Gasteiger partial charge in [0.25, 0.3) is 0 Å². The third kappa shape index (κ3) is 2.14. The number of allylic oxidation sites excluding steroid dienone is 2. The van der Waals surface area contributed by atoms with E-state index in [1.54, 1.807) is 5.57 Å². The first-order valence-corrected chi connectivity index (χ1v) is 9.62. The Morgan fingerprint density at radius 1 is 1.04 bits per heavy atom. The number of hydrogen-bond acceptors (Lipinski definition) is 2. The topological polar surface area (TPSA) is 40.5 Å². The molecule has 0 amide bonds. The molecule has 4 rings (SSSR count). The van der Waals surface area contributed by atoms with E-state index in [1.165, 1.54) is 24.8 Å². The van der Waals surface area contributed by atoms with E-state index in [1.807, 2.05) is 6.92 Å². The molecule has 0 saturated heterocycles. The minimum atomic E-state index is -0.295. The molecule has 2 N–H and O–H groups in total. The molecule has 4 aliphatic carbocycles. The number of rotatable bonds is 1. The molecule has 0 aromatic carbocycles. The molecule has 0 heterocycles. The predicted octanol–water partition coefficient (Wildman–Crippen LogP) is 4.23. The van der Waals surface area contributed by atoms with Gasteiger partial charge < -0.3 is 10.2 Å². The lowest BCUT2D eigenvalue weighted by atomic mass is 9.47. The fourth-order valence-electron chi connectivity index (χ4n) is 6.89. The van der Waals surface area contributed by atoms with Crippen molar-refractivity contribution in [2.24, 2.45) is 28.6 Å². The molecule has 0 aliphatic heterocycles. The largest absolute Gasteiger partial charge is 0.393 e. The van der Waals surface area contributed by atoms with Gasteiger partial charge in [0.1, 0.15) is 0 Å². The Morgan fingerprint density at radius 3 is 2.52 bits per heavy atom. The predicted molar refractivity (Wildman–Crippen MR) is 92.9 cm³/mol. The molecule has 2 fully saturated rings. The van der Waals surface area contributed by atoms with E-state index in [2.05, 4.69) is 26.0 Å². The SMILES string of the molecule is CC(O)C1=CC[C@H]2[C@@H]3CC=C4CC(O)CC[C@]4(C)[C@H]3CC[C@]12C. The fraction of sp³-hybridized carbons (Fsp3) is 0.810. The third-order valence-corrected chi connectivity index (χ3v) is 8.17. The zero-order valence-corrected chi connectivity index (χ0v) is 14.9. The summed E-state index contributed by atoms with van der Waals surface area (Å²) in [5.74, 6) is 2.23. The molecule has 128 valence electrons. The van der Waals surface area contributed by atoms with Gasteiger partial charge in [-0.1, -0.05) is 31.6 Å². The summed E-state index contributed by atoms with van der Waals surface area (Å²) < 4.78 is 0. The van der Waals surface area contributed by atoms with Crippen molar-refractivity contribution >= 4 is 0 Å². The van der Waals surface area contributed by atoms with Crippen molar-refractivity contribution < 1.29 is 10.2 Å². The van der Waals surface area contributed by atoms with Crippen LogP contribution < -0.4 is 0 Å². The Bertz CT molecular complexity index is 560. The number of aliphatic hydroxyl groups is 2. The number of aliphatic hydroxyl groups excluding tert-OH is 2. The quantitative estimate of drug-likeness (QED) is 0.711. The highest BCUT2D eigenvalue weighted by molar-refractivity contribution is 5.31. The summed E-state index contributed by atoms with van der Waals surface area (Å²) in [6, 6.07) is 0. The molecule has 0 radical (unpaired) electrons. The van der Waals surface area contributed by atoms with Crippen molar-refractivity contribution in [2.45, 2.75) is 77.9 Å². The van der Waals surface area contributed by atoms with Gasteiger partial charge in [-0.2, -0.15) is 0 Å². The van der Waals surface area contributed by atoms with Gasteiger partial charge in [0.2, 0.25) is 0 Å². The smallest absolute Gasteiger partial charge is 0.0727 e. The van der Waals surface area contributed by atoms with Crippen molar-refractivity contribution in [2.75, 3.05) is 0 Å². The maximum absolute atomic E-state index is 10.2. The van der Waals surface area contributed by atoms with Crippen LogP contribution in [-0.4, -0.2) is 22.4 Å². The van der Waals surface area contributed by atoms with E-state index in [0.29, 0.717) is 11.3 Å². The van der Waals surface area contributed by atoms with Crippen LogP contribution in [0.2, 0.25) is 0 Å². The maximum atomic E-state index is 10.2. The van der Waals surface area contributed by atoms with Crippen LogP contribution in [0.4, 0.5) is 0 Å². The van der Waals surface area contributed by atoms with E-state index >= 15 is 0 Å². The lowest BCUT2D eigenvalue weighted by Gasteiger charge is -2.58. The van der Waals surface area contributed by atoms with Crippen LogP contribution in [0.1, 0.15) is 65.7 Å². The van der Waals surface area contributed by atoms with Crippen molar-refractivity contribution in [1.29, 1.82) is 0 Å². The van der Waals surface area contributed by atoms with Crippen molar-refractivity contribution in [1.82, 2.24) is 0 Å². The van der Waals surface area contributed by atoms with Gasteiger partial charge in [-0.3, -0.25) is 0 Å². The summed E-state index contributed by atoms with van der Waals surface area (Å²) in [5, 5.41) is 20.3. The van der Waals surface area contributed by atoms with Gasteiger partial charge in [0.15, 0.2) is 0 Å². The summed E-state index contributed by atoms with van der Waals surface area (Å²) >= 11 is 0. The van der Waals surface area contributed by atoms with Crippen LogP contribution in [-0.2, 0) is 0 Å². The normalized spacial score (nSPS) is 50.3. The first-order valence-electron chi connectivity index (χ1n) is 9.62. The molecular formula is C21H32O2. The summed E-state index contributed by atoms with van der Waals surface area (Å²) in [6.07, 6.45) is 12.3. The van der Waals surface area contributed by atoms with Gasteiger partial charge in [-0.15, -0.1) is 0 Å². The highest BCUT2D eigenvalue weighted by Crippen LogP contribution is 2.65. The van der Waals surface area contributed by atoms with E-state index in [4.69, 9.17) is 0 Å². The van der Waals surface area contributed by atoms with E-state index < -0.39 is 0 Å². The van der Waals surface area contributed by atoms with Crippen LogP contribution >= 0.6 is 0 Å². The molecule has 2 saturated carbocycles. The Kier molecular flexibility index (Phi) is 3.59. The molecule has 2 unspecified atom stereocenters. The first-order chi connectivity index (χ1) is 10.9. The second-order valence-electron chi connectivity index (χ2n) is 9.18. The Balaban J connectivity index is 1.66. The highest BCUT2D eigenvalue weighted by atomic mass is 16.3. The van der Waals surface area contributed by atoms with Crippen molar-refractivity contribution in [3.63, 3.8) is 0 Å². The van der Waals surface area contributed by atoms with Crippen LogP contribution in [0.25, 0.3) is 0 Å². The number of fused-ring (bicyclic) bond motifs is 5. The van der Waals surface area contributed by atoms with Crippen LogP contribution in [0.3, 0.4) is 0 Å². The van der Waals surface area contributed by atoms with Crippen molar-refractivity contribution in [3.05, 3.63) is 23.3 Å². The summed E-state index contributed by atoms with van der Waals surface area (Å²) in [5.41, 5.74) is 3.38. The van der Waals surface area contributed by atoms with Gasteiger partial charge in [-0.05, 0) is 86.0 Å². The standard InChI is InChI=1S/C21H32O2/c1-13(22)17-6-7-18-16-5-4-14-12-15(23)8-10-20(14,2)19(16)9-11-21(17,18)3/h4,6,13,15-16,18-19,22-23H,5,7-12H2,1-3H3/t13?,15?,16-,18-,19-,20-,21+/m0/s1. The lowest BCUT2D eigenvalue weighted by molar-refractivity contribution is -0.0339. The minimum Gasteiger partial charge on any atom is -0.393 e. The monoisotopic (exact) mass is 316 g/mol. The van der Waals surface area contributed by atoms with Crippen LogP contribution in [0.5, 0.6) is 0 Å². The minimum absolute atomic E-state index is 0.116. The molecule has 23 heavy (non-hydrogen) atoms. The zero-order valence-electron chi connectivity index (χ0n) is 14.9. The van der Waals surface area contributed by atoms with Gasteiger partial charge >= 0.3 is 0 Å². The van der Waals surface area contributed by atoms with Crippen molar-refractivity contribution in [3.8, 4) is 0 Å². The Labute approximate surface area is 140 Å². The van der Waals surface area contributed by atoms with Gasteiger partial charge in [-0.25, -0.2) is 0 Å². The fourth-order valence-corrected chi connectivity index (χ4v) is 6.89. The third-order valence-electron chi connectivity index (χ3n) is 8.17. The second-order valence-corrected chi connectivity index (χ2v) is 9.18. The molecule has 4 aliphatic rings.